The maximum absolute atomic E-state index is 11.2. The van der Waals surface area contributed by atoms with Gasteiger partial charge in [0.2, 0.25) is 10.0 Å². The highest BCUT2D eigenvalue weighted by Crippen LogP contribution is 2.32. The molecule has 2 fully saturated rings. The first-order valence-electron chi connectivity index (χ1n) is 4.65. The van der Waals surface area contributed by atoms with Crippen molar-refractivity contribution in [1.29, 1.82) is 0 Å². The van der Waals surface area contributed by atoms with Gasteiger partial charge in [-0.2, -0.15) is 0 Å². The molecule has 2 atom stereocenters. The summed E-state index contributed by atoms with van der Waals surface area (Å²) in [4.78, 5) is 0. The lowest BCUT2D eigenvalue weighted by molar-refractivity contribution is 0.247. The van der Waals surface area contributed by atoms with E-state index >= 15 is 0 Å². The average Bonchev–Trinajstić information content (AvgIpc) is 2.02. The van der Waals surface area contributed by atoms with Gasteiger partial charge >= 0.3 is 0 Å². The smallest absolute Gasteiger partial charge is 0.211 e. The minimum atomic E-state index is -2.90. The molecule has 0 unspecified atom stereocenters. The quantitative estimate of drug-likeness (QED) is 0.610. The molecule has 4 heteroatoms. The second-order valence-corrected chi connectivity index (χ2v) is 5.79. The van der Waals surface area contributed by atoms with E-state index in [0.717, 1.165) is 6.42 Å². The van der Waals surface area contributed by atoms with Crippen LogP contribution in [0.2, 0.25) is 0 Å². The molecule has 1 saturated carbocycles. The van der Waals surface area contributed by atoms with Crippen molar-refractivity contribution in [2.75, 3.05) is 12.3 Å². The van der Waals surface area contributed by atoms with Crippen LogP contribution in [0.15, 0.2) is 0 Å². The maximum Gasteiger partial charge on any atom is 0.211 e. The minimum absolute atomic E-state index is 0.373. The third kappa shape index (κ3) is 1.64. The van der Waals surface area contributed by atoms with Gasteiger partial charge in [-0.1, -0.05) is 12.8 Å². The fraction of sp³-hybridized carbons (Fsp3) is 1.00. The molecule has 1 aliphatic carbocycles. The molecule has 0 bridgehead atoms. The Morgan fingerprint density at radius 2 is 1.75 bits per heavy atom. The van der Waals surface area contributed by atoms with Crippen molar-refractivity contribution in [1.82, 2.24) is 4.72 Å². The molecule has 0 aromatic heterocycles. The molecule has 0 aromatic rings. The van der Waals surface area contributed by atoms with Crippen LogP contribution in [0.25, 0.3) is 0 Å². The molecule has 12 heavy (non-hydrogen) atoms. The van der Waals surface area contributed by atoms with Crippen LogP contribution in [0, 0.1) is 11.8 Å². The fourth-order valence-electron chi connectivity index (χ4n) is 2.35. The van der Waals surface area contributed by atoms with Crippen molar-refractivity contribution in [2.45, 2.75) is 25.7 Å². The van der Waals surface area contributed by atoms with Gasteiger partial charge in [-0.25, -0.2) is 13.1 Å². The standard InChI is InChI=1S/C8H15NO2S/c10-12(11)6-8-4-2-1-3-7(8)5-9-12/h7-9H,1-6H2/t7-,8-/m1/s1. The zero-order valence-electron chi connectivity index (χ0n) is 7.12. The lowest BCUT2D eigenvalue weighted by Gasteiger charge is -2.35. The van der Waals surface area contributed by atoms with Crippen LogP contribution in [-0.2, 0) is 10.0 Å². The third-order valence-corrected chi connectivity index (χ3v) is 4.54. The molecule has 0 amide bonds. The molecular weight excluding hydrogens is 174 g/mol. The van der Waals surface area contributed by atoms with Gasteiger partial charge in [0, 0.05) is 6.54 Å². The van der Waals surface area contributed by atoms with E-state index in [1.165, 1.54) is 19.3 Å². The first kappa shape index (κ1) is 8.51. The van der Waals surface area contributed by atoms with Crippen LogP contribution in [0.5, 0.6) is 0 Å². The summed E-state index contributed by atoms with van der Waals surface area (Å²) in [5.41, 5.74) is 0. The van der Waals surface area contributed by atoms with Crippen LogP contribution in [0.4, 0.5) is 0 Å². The summed E-state index contributed by atoms with van der Waals surface area (Å²) in [5, 5.41) is 0. The van der Waals surface area contributed by atoms with E-state index in [1.54, 1.807) is 0 Å². The summed E-state index contributed by atoms with van der Waals surface area (Å²) in [6.45, 7) is 0.688. The number of rotatable bonds is 0. The molecule has 0 radical (unpaired) electrons. The molecule has 0 aromatic carbocycles. The Balaban J connectivity index is 2.08. The number of hydrogen-bond donors (Lipinski definition) is 1. The molecule has 70 valence electrons. The summed E-state index contributed by atoms with van der Waals surface area (Å²) < 4.78 is 25.0. The Bertz CT molecular complexity index is 260. The first-order chi connectivity index (χ1) is 5.67. The van der Waals surface area contributed by atoms with Gasteiger partial charge < -0.3 is 0 Å². The second kappa shape index (κ2) is 3.00. The number of hydrogen-bond acceptors (Lipinski definition) is 2. The highest BCUT2D eigenvalue weighted by Gasteiger charge is 2.33. The maximum atomic E-state index is 11.2. The molecular formula is C8H15NO2S. The van der Waals surface area contributed by atoms with E-state index in [1.807, 2.05) is 0 Å². The Labute approximate surface area is 73.6 Å². The monoisotopic (exact) mass is 189 g/mol. The number of fused-ring (bicyclic) bond motifs is 1. The van der Waals surface area contributed by atoms with Crippen LogP contribution >= 0.6 is 0 Å². The van der Waals surface area contributed by atoms with Gasteiger partial charge in [0.1, 0.15) is 0 Å². The molecule has 2 rings (SSSR count). The van der Waals surface area contributed by atoms with Gasteiger partial charge in [0.05, 0.1) is 5.75 Å². The van der Waals surface area contributed by atoms with Crippen molar-refractivity contribution in [3.63, 3.8) is 0 Å². The largest absolute Gasteiger partial charge is 0.215 e. The highest BCUT2D eigenvalue weighted by molar-refractivity contribution is 7.89. The van der Waals surface area contributed by atoms with E-state index in [0.29, 0.717) is 24.1 Å². The van der Waals surface area contributed by atoms with Gasteiger partial charge in [0.25, 0.3) is 0 Å². The molecule has 2 aliphatic rings. The van der Waals surface area contributed by atoms with Crippen LogP contribution in [-0.4, -0.2) is 20.7 Å². The minimum Gasteiger partial charge on any atom is -0.215 e. The van der Waals surface area contributed by atoms with Crippen molar-refractivity contribution in [2.24, 2.45) is 11.8 Å². The zero-order valence-corrected chi connectivity index (χ0v) is 7.94. The number of nitrogens with one attached hydrogen (secondary N) is 1. The van der Waals surface area contributed by atoms with Crippen molar-refractivity contribution >= 4 is 10.0 Å². The predicted molar refractivity (Wildman–Crippen MR) is 47.2 cm³/mol. The summed E-state index contributed by atoms with van der Waals surface area (Å²) in [6, 6.07) is 0. The normalized spacial score (nSPS) is 40.3. The summed E-state index contributed by atoms with van der Waals surface area (Å²) in [5.74, 6) is 1.45. The Hall–Kier alpha value is -0.0900. The van der Waals surface area contributed by atoms with E-state index in [9.17, 15) is 8.42 Å². The van der Waals surface area contributed by atoms with Gasteiger partial charge in [-0.15, -0.1) is 0 Å². The van der Waals surface area contributed by atoms with Crippen LogP contribution < -0.4 is 4.72 Å². The lowest BCUT2D eigenvalue weighted by Crippen LogP contribution is -2.45. The van der Waals surface area contributed by atoms with Crippen molar-refractivity contribution < 1.29 is 8.42 Å². The number of sulfonamides is 1. The second-order valence-electron chi connectivity index (χ2n) is 3.93. The molecule has 0 spiro atoms. The molecule has 1 aliphatic heterocycles. The van der Waals surface area contributed by atoms with Crippen molar-refractivity contribution in [3.05, 3.63) is 0 Å². The summed E-state index contributed by atoms with van der Waals surface area (Å²) in [7, 11) is -2.90. The van der Waals surface area contributed by atoms with Gasteiger partial charge in [0.15, 0.2) is 0 Å². The third-order valence-electron chi connectivity index (χ3n) is 3.07. The van der Waals surface area contributed by atoms with E-state index in [4.69, 9.17) is 0 Å². The fourth-order valence-corrected chi connectivity index (χ4v) is 3.94. The average molecular weight is 189 g/mol. The SMILES string of the molecule is O=S1(=O)C[C@H]2CCCC[C@@H]2CN1. The van der Waals surface area contributed by atoms with Crippen LogP contribution in [0.1, 0.15) is 25.7 Å². The van der Waals surface area contributed by atoms with E-state index in [-0.39, 0.29) is 0 Å². The molecule has 1 saturated heterocycles. The topological polar surface area (TPSA) is 46.2 Å². The predicted octanol–water partition coefficient (Wildman–Crippen LogP) is 0.726. The van der Waals surface area contributed by atoms with E-state index < -0.39 is 10.0 Å². The molecule has 1 N–H and O–H groups in total. The Kier molecular flexibility index (Phi) is 2.12. The van der Waals surface area contributed by atoms with Gasteiger partial charge in [-0.3, -0.25) is 0 Å². The summed E-state index contributed by atoms with van der Waals surface area (Å²) >= 11 is 0. The highest BCUT2D eigenvalue weighted by atomic mass is 32.2. The Morgan fingerprint density at radius 3 is 2.50 bits per heavy atom. The first-order valence-corrected chi connectivity index (χ1v) is 6.30. The van der Waals surface area contributed by atoms with Crippen LogP contribution in [0.3, 0.4) is 0 Å². The molecule has 3 nitrogen and oxygen atoms in total. The summed E-state index contributed by atoms with van der Waals surface area (Å²) in [6.07, 6.45) is 4.83. The van der Waals surface area contributed by atoms with E-state index in [2.05, 4.69) is 4.72 Å². The molecule has 1 heterocycles. The zero-order chi connectivity index (χ0) is 8.60. The lowest BCUT2D eigenvalue weighted by atomic mass is 9.80. The van der Waals surface area contributed by atoms with Gasteiger partial charge in [-0.05, 0) is 24.7 Å². The Morgan fingerprint density at radius 1 is 1.08 bits per heavy atom. The van der Waals surface area contributed by atoms with Crippen molar-refractivity contribution in [3.8, 4) is 0 Å².